The maximum Gasteiger partial charge on any atom is 0.167 e. The molecule has 100 valence electrons. The van der Waals surface area contributed by atoms with Crippen LogP contribution in [0, 0.1) is 6.92 Å². The Balaban J connectivity index is 2.52. The Kier molecular flexibility index (Phi) is 6.09. The average Bonchev–Trinajstić information content (AvgIpc) is 2.29. The molecule has 0 amide bonds. The van der Waals surface area contributed by atoms with Gasteiger partial charge in [0.2, 0.25) is 0 Å². The number of nitrogens with one attached hydrogen (secondary N) is 2. The molecule has 0 heterocycles. The van der Waals surface area contributed by atoms with E-state index in [9.17, 15) is 0 Å². The lowest BCUT2D eigenvalue weighted by Crippen LogP contribution is -2.43. The van der Waals surface area contributed by atoms with Gasteiger partial charge in [-0.15, -0.1) is 0 Å². The van der Waals surface area contributed by atoms with E-state index < -0.39 is 0 Å². The highest BCUT2D eigenvalue weighted by atomic mass is 32.1. The molecule has 0 aliphatic carbocycles. The Morgan fingerprint density at radius 1 is 1.28 bits per heavy atom. The Morgan fingerprint density at radius 2 is 1.94 bits per heavy atom. The van der Waals surface area contributed by atoms with Gasteiger partial charge in [-0.05, 0) is 44.1 Å². The monoisotopic (exact) mass is 266 g/mol. The summed E-state index contributed by atoms with van der Waals surface area (Å²) < 4.78 is 5.06. The number of aryl methyl sites for hydroxylation is 1. The van der Waals surface area contributed by atoms with Crippen molar-refractivity contribution >= 4 is 17.3 Å². The van der Waals surface area contributed by atoms with Crippen molar-refractivity contribution in [3.8, 4) is 0 Å². The molecule has 0 aromatic heterocycles. The fourth-order valence-corrected chi connectivity index (χ4v) is 2.28. The largest absolute Gasteiger partial charge is 0.383 e. The minimum atomic E-state index is 0.195. The fraction of sp³-hybridized carbons (Fsp3) is 0.500. The molecular weight excluding hydrogens is 244 g/mol. The van der Waals surface area contributed by atoms with Crippen LogP contribution in [-0.4, -0.2) is 24.9 Å². The third-order valence-electron chi connectivity index (χ3n) is 2.80. The maximum atomic E-state index is 5.29. The van der Waals surface area contributed by atoms with Crippen molar-refractivity contribution in [2.45, 2.75) is 32.9 Å². The van der Waals surface area contributed by atoms with E-state index >= 15 is 0 Å². The van der Waals surface area contributed by atoms with Crippen LogP contribution in [0.2, 0.25) is 0 Å². The topological polar surface area (TPSA) is 33.3 Å². The smallest absolute Gasteiger partial charge is 0.167 e. The van der Waals surface area contributed by atoms with Gasteiger partial charge in [-0.3, -0.25) is 0 Å². The Hall–Kier alpha value is -1.13. The van der Waals surface area contributed by atoms with E-state index in [2.05, 4.69) is 36.6 Å². The van der Waals surface area contributed by atoms with E-state index in [0.717, 1.165) is 0 Å². The Morgan fingerprint density at radius 3 is 2.56 bits per heavy atom. The molecule has 1 aromatic rings. The summed E-state index contributed by atoms with van der Waals surface area (Å²) in [6.07, 6.45) is 0. The normalized spacial score (nSPS) is 13.8. The van der Waals surface area contributed by atoms with Gasteiger partial charge in [-0.25, -0.2) is 0 Å². The molecule has 1 aromatic carbocycles. The summed E-state index contributed by atoms with van der Waals surface area (Å²) in [6.45, 7) is 6.89. The molecule has 0 saturated carbocycles. The van der Waals surface area contributed by atoms with E-state index in [1.54, 1.807) is 7.11 Å². The number of thiocarbonyl (C=S) groups is 1. The quantitative estimate of drug-likeness (QED) is 0.803. The number of hydrogen-bond donors (Lipinski definition) is 2. The number of hydrogen-bond acceptors (Lipinski definition) is 2. The first-order valence-corrected chi connectivity index (χ1v) is 6.57. The first-order valence-electron chi connectivity index (χ1n) is 6.16. The molecule has 0 aliphatic heterocycles. The Labute approximate surface area is 115 Å². The number of methoxy groups -OCH3 is 1. The van der Waals surface area contributed by atoms with Crippen LogP contribution in [0.15, 0.2) is 24.3 Å². The van der Waals surface area contributed by atoms with Crippen LogP contribution < -0.4 is 10.6 Å². The van der Waals surface area contributed by atoms with Crippen LogP contribution in [0.1, 0.15) is 31.0 Å². The number of rotatable bonds is 5. The summed E-state index contributed by atoms with van der Waals surface area (Å²) in [5.41, 5.74) is 2.53. The SMILES string of the molecule is COCC(C)NC(=S)NC(C)c1ccccc1C. The van der Waals surface area contributed by atoms with Gasteiger partial charge in [0.15, 0.2) is 5.11 Å². The van der Waals surface area contributed by atoms with Gasteiger partial charge in [-0.1, -0.05) is 24.3 Å². The summed E-state index contributed by atoms with van der Waals surface area (Å²) in [6, 6.07) is 8.72. The molecule has 2 unspecified atom stereocenters. The van der Waals surface area contributed by atoms with Crippen molar-refractivity contribution in [3.63, 3.8) is 0 Å². The minimum absolute atomic E-state index is 0.195. The van der Waals surface area contributed by atoms with E-state index in [0.29, 0.717) is 11.7 Å². The zero-order chi connectivity index (χ0) is 13.5. The van der Waals surface area contributed by atoms with Crippen LogP contribution in [-0.2, 0) is 4.74 Å². The average molecular weight is 266 g/mol. The third-order valence-corrected chi connectivity index (χ3v) is 3.03. The Bertz CT molecular complexity index is 395. The second-order valence-corrected chi connectivity index (χ2v) is 4.96. The molecule has 0 spiro atoms. The fourth-order valence-electron chi connectivity index (χ4n) is 1.90. The predicted molar refractivity (Wildman–Crippen MR) is 79.8 cm³/mol. The summed E-state index contributed by atoms with van der Waals surface area (Å²) in [5, 5.41) is 7.15. The summed E-state index contributed by atoms with van der Waals surface area (Å²) in [7, 11) is 1.69. The summed E-state index contributed by atoms with van der Waals surface area (Å²) >= 11 is 5.29. The second-order valence-electron chi connectivity index (χ2n) is 4.55. The van der Waals surface area contributed by atoms with Gasteiger partial charge in [0, 0.05) is 13.2 Å². The number of ether oxygens (including phenoxy) is 1. The van der Waals surface area contributed by atoms with Gasteiger partial charge in [0.25, 0.3) is 0 Å². The highest BCUT2D eigenvalue weighted by Crippen LogP contribution is 2.16. The standard InChI is InChI=1S/C14H22N2OS/c1-10-7-5-6-8-13(10)12(3)16-14(18)15-11(2)9-17-4/h5-8,11-12H,9H2,1-4H3,(H2,15,16,18). The summed E-state index contributed by atoms with van der Waals surface area (Å²) in [5.74, 6) is 0. The molecule has 2 N–H and O–H groups in total. The minimum Gasteiger partial charge on any atom is -0.383 e. The van der Waals surface area contributed by atoms with Crippen molar-refractivity contribution in [1.29, 1.82) is 0 Å². The highest BCUT2D eigenvalue weighted by molar-refractivity contribution is 7.80. The molecule has 3 nitrogen and oxygen atoms in total. The number of benzene rings is 1. The maximum absolute atomic E-state index is 5.29. The molecule has 0 saturated heterocycles. The van der Waals surface area contributed by atoms with Crippen molar-refractivity contribution in [2.75, 3.05) is 13.7 Å². The van der Waals surface area contributed by atoms with E-state index in [-0.39, 0.29) is 12.1 Å². The lowest BCUT2D eigenvalue weighted by Gasteiger charge is -2.21. The van der Waals surface area contributed by atoms with Crippen LogP contribution >= 0.6 is 12.2 Å². The molecule has 0 radical (unpaired) electrons. The van der Waals surface area contributed by atoms with Gasteiger partial charge in [0.1, 0.15) is 0 Å². The van der Waals surface area contributed by atoms with E-state index in [1.807, 2.05) is 19.1 Å². The van der Waals surface area contributed by atoms with Crippen molar-refractivity contribution < 1.29 is 4.74 Å². The lowest BCUT2D eigenvalue weighted by atomic mass is 10.0. The van der Waals surface area contributed by atoms with Crippen molar-refractivity contribution in [2.24, 2.45) is 0 Å². The molecule has 1 rings (SSSR count). The zero-order valence-electron chi connectivity index (χ0n) is 11.5. The molecule has 18 heavy (non-hydrogen) atoms. The molecule has 0 bridgehead atoms. The van der Waals surface area contributed by atoms with Crippen molar-refractivity contribution in [3.05, 3.63) is 35.4 Å². The molecule has 4 heteroatoms. The first-order chi connectivity index (χ1) is 8.54. The first kappa shape index (κ1) is 14.9. The molecule has 0 fully saturated rings. The van der Waals surface area contributed by atoms with Gasteiger partial charge >= 0.3 is 0 Å². The molecule has 2 atom stereocenters. The second kappa shape index (κ2) is 7.34. The predicted octanol–water partition coefficient (Wildman–Crippen LogP) is 2.56. The van der Waals surface area contributed by atoms with Crippen molar-refractivity contribution in [1.82, 2.24) is 10.6 Å². The highest BCUT2D eigenvalue weighted by Gasteiger charge is 2.10. The lowest BCUT2D eigenvalue weighted by molar-refractivity contribution is 0.179. The van der Waals surface area contributed by atoms with Gasteiger partial charge in [0.05, 0.1) is 12.6 Å². The van der Waals surface area contributed by atoms with Gasteiger partial charge < -0.3 is 15.4 Å². The van der Waals surface area contributed by atoms with E-state index in [1.165, 1.54) is 11.1 Å². The summed E-state index contributed by atoms with van der Waals surface area (Å²) in [4.78, 5) is 0. The van der Waals surface area contributed by atoms with Crippen LogP contribution in [0.3, 0.4) is 0 Å². The van der Waals surface area contributed by atoms with Crippen LogP contribution in [0.25, 0.3) is 0 Å². The van der Waals surface area contributed by atoms with Crippen LogP contribution in [0.4, 0.5) is 0 Å². The van der Waals surface area contributed by atoms with E-state index in [4.69, 9.17) is 17.0 Å². The zero-order valence-corrected chi connectivity index (χ0v) is 12.3. The molecule has 0 aliphatic rings. The van der Waals surface area contributed by atoms with Gasteiger partial charge in [-0.2, -0.15) is 0 Å². The molecular formula is C14H22N2OS. The third kappa shape index (κ3) is 4.63. The van der Waals surface area contributed by atoms with Crippen LogP contribution in [0.5, 0.6) is 0 Å².